The first-order valence-electron chi connectivity index (χ1n) is 3.98. The van der Waals surface area contributed by atoms with Gasteiger partial charge in [0.25, 0.3) is 0 Å². The number of nitrogen functional groups attached to an aromatic ring is 2. The van der Waals surface area contributed by atoms with Gasteiger partial charge in [-0.15, -0.1) is 0 Å². The van der Waals surface area contributed by atoms with Gasteiger partial charge in [0.05, 0.1) is 11.4 Å². The summed E-state index contributed by atoms with van der Waals surface area (Å²) < 4.78 is 0. The number of nitrogens with one attached hydrogen (secondary N) is 1. The SMILES string of the molecule is CSCCNc1nccc(N)c1N. The van der Waals surface area contributed by atoms with Gasteiger partial charge >= 0.3 is 0 Å². The highest BCUT2D eigenvalue weighted by molar-refractivity contribution is 7.98. The molecule has 0 aromatic carbocycles. The Kier molecular flexibility index (Phi) is 3.70. The van der Waals surface area contributed by atoms with Gasteiger partial charge in [-0.2, -0.15) is 11.8 Å². The second-order valence-corrected chi connectivity index (χ2v) is 3.57. The van der Waals surface area contributed by atoms with E-state index in [0.717, 1.165) is 12.3 Å². The van der Waals surface area contributed by atoms with E-state index >= 15 is 0 Å². The van der Waals surface area contributed by atoms with Crippen LogP contribution < -0.4 is 16.8 Å². The standard InChI is InChI=1S/C8H14N4S/c1-13-5-4-12-8-7(10)6(9)2-3-11-8/h2-3H,4-5,10H2,1H3,(H3,9,11,12). The molecular weight excluding hydrogens is 184 g/mol. The lowest BCUT2D eigenvalue weighted by Gasteiger charge is -2.08. The van der Waals surface area contributed by atoms with Crippen molar-refractivity contribution in [2.75, 3.05) is 35.3 Å². The molecule has 1 heterocycles. The minimum absolute atomic E-state index is 0.531. The van der Waals surface area contributed by atoms with Crippen molar-refractivity contribution >= 4 is 29.0 Å². The number of rotatable bonds is 4. The lowest BCUT2D eigenvalue weighted by Crippen LogP contribution is -2.09. The zero-order valence-electron chi connectivity index (χ0n) is 7.58. The molecule has 0 bridgehead atoms. The molecule has 1 aromatic rings. The number of nitrogens with zero attached hydrogens (tertiary/aromatic N) is 1. The zero-order valence-corrected chi connectivity index (χ0v) is 8.40. The second-order valence-electron chi connectivity index (χ2n) is 2.58. The molecular formula is C8H14N4S. The summed E-state index contributed by atoms with van der Waals surface area (Å²) in [5.41, 5.74) is 12.4. The van der Waals surface area contributed by atoms with E-state index in [4.69, 9.17) is 11.5 Å². The van der Waals surface area contributed by atoms with Crippen molar-refractivity contribution in [3.05, 3.63) is 12.3 Å². The fourth-order valence-corrected chi connectivity index (χ4v) is 1.21. The van der Waals surface area contributed by atoms with E-state index in [0.29, 0.717) is 17.2 Å². The lowest BCUT2D eigenvalue weighted by molar-refractivity contribution is 1.17. The van der Waals surface area contributed by atoms with E-state index in [1.54, 1.807) is 24.0 Å². The third kappa shape index (κ3) is 2.69. The Bertz CT molecular complexity index is 277. The summed E-state index contributed by atoms with van der Waals surface area (Å²) in [4.78, 5) is 4.09. The first-order valence-corrected chi connectivity index (χ1v) is 5.38. The number of hydrogen-bond donors (Lipinski definition) is 3. The molecule has 0 amide bonds. The molecule has 0 saturated heterocycles. The van der Waals surface area contributed by atoms with Crippen molar-refractivity contribution in [3.63, 3.8) is 0 Å². The maximum atomic E-state index is 5.71. The van der Waals surface area contributed by atoms with E-state index in [9.17, 15) is 0 Å². The summed E-state index contributed by atoms with van der Waals surface area (Å²) >= 11 is 1.77. The summed E-state index contributed by atoms with van der Waals surface area (Å²) in [5.74, 6) is 1.70. The van der Waals surface area contributed by atoms with Gasteiger partial charge in [0.2, 0.25) is 0 Å². The predicted molar refractivity (Wildman–Crippen MR) is 59.9 cm³/mol. The fraction of sp³-hybridized carbons (Fsp3) is 0.375. The molecule has 4 nitrogen and oxygen atoms in total. The topological polar surface area (TPSA) is 77.0 Å². The molecule has 0 unspecified atom stereocenters. The Morgan fingerprint density at radius 2 is 2.31 bits per heavy atom. The molecule has 13 heavy (non-hydrogen) atoms. The molecule has 0 atom stereocenters. The largest absolute Gasteiger partial charge is 0.397 e. The highest BCUT2D eigenvalue weighted by Gasteiger charge is 2.01. The van der Waals surface area contributed by atoms with Gasteiger partial charge in [-0.05, 0) is 12.3 Å². The van der Waals surface area contributed by atoms with Crippen LogP contribution in [0.1, 0.15) is 0 Å². The Labute approximate surface area is 82.1 Å². The quantitative estimate of drug-likeness (QED) is 0.630. The summed E-state index contributed by atoms with van der Waals surface area (Å²) in [6.45, 7) is 0.849. The Hall–Kier alpha value is -1.10. The van der Waals surface area contributed by atoms with Gasteiger partial charge in [0.15, 0.2) is 5.82 Å². The van der Waals surface area contributed by atoms with Crippen molar-refractivity contribution in [3.8, 4) is 0 Å². The molecule has 0 aliphatic carbocycles. The van der Waals surface area contributed by atoms with Crippen molar-refractivity contribution in [1.82, 2.24) is 4.98 Å². The van der Waals surface area contributed by atoms with Crippen LogP contribution in [0, 0.1) is 0 Å². The van der Waals surface area contributed by atoms with Gasteiger partial charge in [-0.3, -0.25) is 0 Å². The smallest absolute Gasteiger partial charge is 0.151 e. The molecule has 0 aliphatic heterocycles. The fourth-order valence-electron chi connectivity index (χ4n) is 0.901. The molecule has 0 fully saturated rings. The summed E-state index contributed by atoms with van der Waals surface area (Å²) in [7, 11) is 0. The first kappa shape index (κ1) is 9.98. The Morgan fingerprint density at radius 1 is 1.54 bits per heavy atom. The van der Waals surface area contributed by atoms with Gasteiger partial charge in [0.1, 0.15) is 0 Å². The molecule has 0 saturated carbocycles. The number of pyridine rings is 1. The zero-order chi connectivity index (χ0) is 9.68. The number of aromatic nitrogens is 1. The van der Waals surface area contributed by atoms with Gasteiger partial charge in [-0.1, -0.05) is 0 Å². The third-order valence-electron chi connectivity index (χ3n) is 1.62. The summed E-state index contributed by atoms with van der Waals surface area (Å²) in [6.07, 6.45) is 3.70. The van der Waals surface area contributed by atoms with Crippen LogP contribution in [-0.4, -0.2) is 23.5 Å². The van der Waals surface area contributed by atoms with Crippen molar-refractivity contribution in [1.29, 1.82) is 0 Å². The molecule has 1 aromatic heterocycles. The number of anilines is 3. The lowest BCUT2D eigenvalue weighted by atomic mass is 10.3. The van der Waals surface area contributed by atoms with E-state index in [1.807, 2.05) is 0 Å². The highest BCUT2D eigenvalue weighted by Crippen LogP contribution is 2.21. The van der Waals surface area contributed by atoms with Gasteiger partial charge in [0, 0.05) is 18.5 Å². The average Bonchev–Trinajstić information content (AvgIpc) is 2.13. The van der Waals surface area contributed by atoms with Crippen LogP contribution in [0.2, 0.25) is 0 Å². The Balaban J connectivity index is 2.61. The van der Waals surface area contributed by atoms with Crippen LogP contribution in [0.4, 0.5) is 17.2 Å². The number of thioether (sulfide) groups is 1. The molecule has 0 spiro atoms. The number of nitrogens with two attached hydrogens (primary N) is 2. The number of hydrogen-bond acceptors (Lipinski definition) is 5. The molecule has 0 aliphatic rings. The minimum atomic E-state index is 0.531. The predicted octanol–water partition coefficient (Wildman–Crippen LogP) is 1.02. The molecule has 5 heteroatoms. The van der Waals surface area contributed by atoms with Crippen LogP contribution >= 0.6 is 11.8 Å². The van der Waals surface area contributed by atoms with Gasteiger partial charge in [-0.25, -0.2) is 4.98 Å². The Morgan fingerprint density at radius 3 is 3.00 bits per heavy atom. The van der Waals surface area contributed by atoms with Gasteiger partial charge < -0.3 is 16.8 Å². The minimum Gasteiger partial charge on any atom is -0.397 e. The van der Waals surface area contributed by atoms with E-state index in [2.05, 4.69) is 16.6 Å². The molecule has 72 valence electrons. The first-order chi connectivity index (χ1) is 6.25. The van der Waals surface area contributed by atoms with Crippen molar-refractivity contribution < 1.29 is 0 Å². The van der Waals surface area contributed by atoms with E-state index < -0.39 is 0 Å². The maximum Gasteiger partial charge on any atom is 0.151 e. The van der Waals surface area contributed by atoms with E-state index in [-0.39, 0.29) is 0 Å². The second kappa shape index (κ2) is 4.81. The van der Waals surface area contributed by atoms with Crippen LogP contribution in [-0.2, 0) is 0 Å². The van der Waals surface area contributed by atoms with Crippen molar-refractivity contribution in [2.24, 2.45) is 0 Å². The van der Waals surface area contributed by atoms with Crippen LogP contribution in [0.3, 0.4) is 0 Å². The van der Waals surface area contributed by atoms with E-state index in [1.165, 1.54) is 0 Å². The maximum absolute atomic E-state index is 5.71. The monoisotopic (exact) mass is 198 g/mol. The molecule has 1 rings (SSSR count). The molecule has 0 radical (unpaired) electrons. The molecule has 5 N–H and O–H groups in total. The normalized spacial score (nSPS) is 9.92. The highest BCUT2D eigenvalue weighted by atomic mass is 32.2. The van der Waals surface area contributed by atoms with Crippen molar-refractivity contribution in [2.45, 2.75) is 0 Å². The van der Waals surface area contributed by atoms with Crippen LogP contribution in [0.25, 0.3) is 0 Å². The summed E-state index contributed by atoms with van der Waals surface area (Å²) in [5, 5.41) is 3.12. The third-order valence-corrected chi connectivity index (χ3v) is 2.23. The average molecular weight is 198 g/mol. The summed E-state index contributed by atoms with van der Waals surface area (Å²) in [6, 6.07) is 1.69. The van der Waals surface area contributed by atoms with Crippen LogP contribution in [0.15, 0.2) is 12.3 Å². The van der Waals surface area contributed by atoms with Crippen LogP contribution in [0.5, 0.6) is 0 Å².